The first kappa shape index (κ1) is 21.0. The van der Waals surface area contributed by atoms with Crippen LogP contribution in [0.15, 0.2) is 50.2 Å². The lowest BCUT2D eigenvalue weighted by molar-refractivity contribution is -0.144. The molecule has 1 N–H and O–H groups in total. The van der Waals surface area contributed by atoms with Gasteiger partial charge in [-0.25, -0.2) is 17.8 Å². The largest absolute Gasteiger partial charge is 0.449 e. The van der Waals surface area contributed by atoms with Crippen molar-refractivity contribution >= 4 is 41.7 Å². The molecule has 1 heterocycles. The van der Waals surface area contributed by atoms with Gasteiger partial charge >= 0.3 is 6.18 Å². The second-order valence-electron chi connectivity index (χ2n) is 5.85. The molecule has 2 aromatic carbocycles. The molecule has 0 radical (unpaired) electrons. The first-order valence-electron chi connectivity index (χ1n) is 7.50. The predicted octanol–water partition coefficient (Wildman–Crippen LogP) is 5.83. The summed E-state index contributed by atoms with van der Waals surface area (Å²) in [6.45, 7) is 0. The van der Waals surface area contributed by atoms with Gasteiger partial charge in [-0.15, -0.1) is 0 Å². The van der Waals surface area contributed by atoms with Crippen LogP contribution in [0, 0.1) is 5.82 Å². The Bertz CT molecular complexity index is 1170. The van der Waals surface area contributed by atoms with E-state index in [1.165, 1.54) is 6.07 Å². The number of nitrogens with zero attached hydrogens (tertiary/aromatic N) is 1. The summed E-state index contributed by atoms with van der Waals surface area (Å²) in [6.07, 6.45) is -3.91. The van der Waals surface area contributed by atoms with E-state index in [1.54, 1.807) is 18.2 Å². The van der Waals surface area contributed by atoms with Gasteiger partial charge in [-0.05, 0) is 56.1 Å². The molecule has 0 atom stereocenters. The van der Waals surface area contributed by atoms with Gasteiger partial charge in [0.05, 0.1) is 11.4 Å². The number of hydrogen-bond donors (Lipinski definition) is 1. The molecule has 4 nitrogen and oxygen atoms in total. The SMILES string of the molecule is CS(=O)(=O)c1ccc(-c2nc(C(F)(F)F)[nH]c2-c2ccc(Br)c(Br)c2)cc1F. The van der Waals surface area contributed by atoms with Crippen molar-refractivity contribution in [2.75, 3.05) is 6.26 Å². The summed E-state index contributed by atoms with van der Waals surface area (Å²) in [6, 6.07) is 7.83. The van der Waals surface area contributed by atoms with Crippen molar-refractivity contribution in [3.05, 3.63) is 57.0 Å². The minimum atomic E-state index is -4.75. The Morgan fingerprint density at radius 3 is 2.18 bits per heavy atom. The summed E-state index contributed by atoms with van der Waals surface area (Å²) >= 11 is 6.56. The van der Waals surface area contributed by atoms with Crippen LogP contribution < -0.4 is 0 Å². The molecule has 3 rings (SSSR count). The molecule has 3 aromatic rings. The van der Waals surface area contributed by atoms with E-state index < -0.39 is 32.6 Å². The zero-order valence-corrected chi connectivity index (χ0v) is 17.9. The average Bonchev–Trinajstić information content (AvgIpc) is 3.01. The smallest absolute Gasteiger partial charge is 0.334 e. The Morgan fingerprint density at radius 1 is 1.00 bits per heavy atom. The average molecular weight is 542 g/mol. The Hall–Kier alpha value is -1.72. The van der Waals surface area contributed by atoms with E-state index in [4.69, 9.17) is 0 Å². The molecule has 0 bridgehead atoms. The third-order valence-corrected chi connectivity index (χ3v) is 6.80. The molecule has 0 aliphatic heterocycles. The zero-order chi connectivity index (χ0) is 20.9. The fraction of sp³-hybridized carbons (Fsp3) is 0.118. The number of hydrogen-bond acceptors (Lipinski definition) is 3. The highest BCUT2D eigenvalue weighted by molar-refractivity contribution is 9.13. The number of benzene rings is 2. The van der Waals surface area contributed by atoms with Gasteiger partial charge in [-0.2, -0.15) is 13.2 Å². The molecule has 0 spiro atoms. The number of sulfone groups is 1. The number of H-pyrrole nitrogens is 1. The van der Waals surface area contributed by atoms with Crippen molar-refractivity contribution in [2.45, 2.75) is 11.1 Å². The van der Waals surface area contributed by atoms with Crippen molar-refractivity contribution in [3.63, 3.8) is 0 Å². The van der Waals surface area contributed by atoms with E-state index in [2.05, 4.69) is 41.8 Å². The monoisotopic (exact) mass is 540 g/mol. The summed E-state index contributed by atoms with van der Waals surface area (Å²) in [5.41, 5.74) is 0.249. The maximum Gasteiger partial charge on any atom is 0.449 e. The second kappa shape index (κ2) is 7.27. The Balaban J connectivity index is 2.24. The fourth-order valence-electron chi connectivity index (χ4n) is 2.53. The van der Waals surface area contributed by atoms with Crippen LogP contribution in [0.3, 0.4) is 0 Å². The number of aromatic nitrogens is 2. The van der Waals surface area contributed by atoms with Gasteiger partial charge < -0.3 is 4.98 Å². The van der Waals surface area contributed by atoms with Crippen LogP contribution in [-0.4, -0.2) is 24.6 Å². The summed E-state index contributed by atoms with van der Waals surface area (Å²) in [5.74, 6) is -2.32. The molecule has 0 fully saturated rings. The van der Waals surface area contributed by atoms with Gasteiger partial charge in [0.15, 0.2) is 9.84 Å². The first-order chi connectivity index (χ1) is 12.9. The van der Waals surface area contributed by atoms with Crippen molar-refractivity contribution < 1.29 is 26.0 Å². The second-order valence-corrected chi connectivity index (χ2v) is 9.55. The van der Waals surface area contributed by atoms with Crippen molar-refractivity contribution in [2.24, 2.45) is 0 Å². The van der Waals surface area contributed by atoms with E-state index in [1.807, 2.05) is 0 Å². The number of rotatable bonds is 3. The zero-order valence-electron chi connectivity index (χ0n) is 13.9. The van der Waals surface area contributed by atoms with Crippen molar-refractivity contribution in [3.8, 4) is 22.5 Å². The highest BCUT2D eigenvalue weighted by Crippen LogP contribution is 2.38. The van der Waals surface area contributed by atoms with Gasteiger partial charge in [0.25, 0.3) is 0 Å². The molecule has 0 aliphatic rings. The lowest BCUT2D eigenvalue weighted by Gasteiger charge is -2.07. The normalized spacial score (nSPS) is 12.4. The molecule has 0 unspecified atom stereocenters. The Kier molecular flexibility index (Phi) is 5.45. The molecule has 0 saturated carbocycles. The fourth-order valence-corrected chi connectivity index (χ4v) is 3.88. The third-order valence-electron chi connectivity index (χ3n) is 3.79. The van der Waals surface area contributed by atoms with Crippen LogP contribution >= 0.6 is 31.9 Å². The lowest BCUT2D eigenvalue weighted by atomic mass is 10.1. The van der Waals surface area contributed by atoms with Gasteiger partial charge in [0.1, 0.15) is 10.7 Å². The molecule has 28 heavy (non-hydrogen) atoms. The minimum absolute atomic E-state index is 0.00527. The van der Waals surface area contributed by atoms with Crippen LogP contribution in [0.4, 0.5) is 17.6 Å². The number of halogens is 6. The molecular weight excluding hydrogens is 532 g/mol. The summed E-state index contributed by atoms with van der Waals surface area (Å²) < 4.78 is 78.3. The van der Waals surface area contributed by atoms with E-state index >= 15 is 0 Å². The number of aromatic amines is 1. The molecule has 11 heteroatoms. The van der Waals surface area contributed by atoms with E-state index in [0.717, 1.165) is 18.4 Å². The first-order valence-corrected chi connectivity index (χ1v) is 11.0. The lowest BCUT2D eigenvalue weighted by Crippen LogP contribution is -2.07. The van der Waals surface area contributed by atoms with Gasteiger partial charge in [-0.1, -0.05) is 12.1 Å². The van der Waals surface area contributed by atoms with E-state index in [0.29, 0.717) is 14.5 Å². The van der Waals surface area contributed by atoms with Crippen LogP contribution in [0.5, 0.6) is 0 Å². The quantitative estimate of drug-likeness (QED) is 0.424. The highest BCUT2D eigenvalue weighted by Gasteiger charge is 2.36. The molecule has 0 saturated heterocycles. The molecule has 0 aliphatic carbocycles. The molecule has 148 valence electrons. The maximum atomic E-state index is 14.3. The van der Waals surface area contributed by atoms with Gasteiger partial charge in [0, 0.05) is 26.3 Å². The third kappa shape index (κ3) is 4.15. The van der Waals surface area contributed by atoms with Crippen molar-refractivity contribution in [1.29, 1.82) is 0 Å². The summed E-state index contributed by atoms with van der Waals surface area (Å²) in [7, 11) is -3.82. The van der Waals surface area contributed by atoms with Crippen LogP contribution in [0.1, 0.15) is 5.82 Å². The van der Waals surface area contributed by atoms with Gasteiger partial charge in [0.2, 0.25) is 5.82 Å². The topological polar surface area (TPSA) is 62.8 Å². The van der Waals surface area contributed by atoms with Crippen LogP contribution in [0.2, 0.25) is 0 Å². The Labute approximate surface area is 174 Å². The molecule has 1 aromatic heterocycles. The maximum absolute atomic E-state index is 14.3. The Morgan fingerprint density at radius 2 is 1.64 bits per heavy atom. The van der Waals surface area contributed by atoms with E-state index in [-0.39, 0.29) is 17.0 Å². The van der Waals surface area contributed by atoms with Crippen LogP contribution in [-0.2, 0) is 16.0 Å². The van der Waals surface area contributed by atoms with Crippen molar-refractivity contribution in [1.82, 2.24) is 9.97 Å². The van der Waals surface area contributed by atoms with Gasteiger partial charge in [-0.3, -0.25) is 0 Å². The minimum Gasteiger partial charge on any atom is -0.334 e. The number of alkyl halides is 3. The summed E-state index contributed by atoms with van der Waals surface area (Å²) in [4.78, 5) is 5.28. The molecular formula is C17H10Br2F4N2O2S. The predicted molar refractivity (Wildman–Crippen MR) is 103 cm³/mol. The standard InChI is InChI=1S/C17H10Br2F4N2O2S/c1-28(26,27)13-5-3-9(7-12(13)20)15-14(24-16(25-15)17(21,22)23)8-2-4-10(18)11(19)6-8/h2-7H,1H3,(H,24,25). The number of imidazole rings is 1. The van der Waals surface area contributed by atoms with Crippen LogP contribution in [0.25, 0.3) is 22.5 Å². The highest BCUT2D eigenvalue weighted by atomic mass is 79.9. The van der Waals surface area contributed by atoms with E-state index in [9.17, 15) is 26.0 Å². The number of nitrogens with one attached hydrogen (secondary N) is 1. The molecule has 0 amide bonds. The summed E-state index contributed by atoms with van der Waals surface area (Å²) in [5, 5.41) is 0.